The van der Waals surface area contributed by atoms with Crippen LogP contribution in [0.2, 0.25) is 0 Å². The normalized spacial score (nSPS) is 12.0. The van der Waals surface area contributed by atoms with Gasteiger partial charge in [-0.3, -0.25) is 0 Å². The van der Waals surface area contributed by atoms with Crippen LogP contribution in [-0.4, -0.2) is 11.9 Å². The predicted octanol–water partition coefficient (Wildman–Crippen LogP) is 2.74. The molecule has 106 valence electrons. The Kier molecular flexibility index (Phi) is 3.24. The van der Waals surface area contributed by atoms with Crippen LogP contribution in [0.25, 0.3) is 0 Å². The van der Waals surface area contributed by atoms with E-state index in [-0.39, 0.29) is 24.7 Å². The number of hydrogen-bond donors (Lipinski definition) is 2. The van der Waals surface area contributed by atoms with E-state index < -0.39 is 5.82 Å². The van der Waals surface area contributed by atoms with Crippen molar-refractivity contribution in [1.29, 1.82) is 5.26 Å². The molecule has 2 N–H and O–H groups in total. The number of nitrogens with one attached hydrogen (secondary N) is 1. The number of nitrogens with zero attached hydrogens (tertiary/aromatic N) is 1. The first-order chi connectivity index (χ1) is 10.2. The Balaban J connectivity index is 1.83. The van der Waals surface area contributed by atoms with E-state index in [1.54, 1.807) is 12.1 Å². The lowest BCUT2D eigenvalue weighted by Gasteiger charge is -2.10. The molecule has 0 saturated carbocycles. The molecule has 3 rings (SSSR count). The summed E-state index contributed by atoms with van der Waals surface area (Å²) in [7, 11) is 0. The molecule has 0 spiro atoms. The fourth-order valence-corrected chi connectivity index (χ4v) is 2.09. The predicted molar refractivity (Wildman–Crippen MR) is 72.7 cm³/mol. The summed E-state index contributed by atoms with van der Waals surface area (Å²) in [4.78, 5) is 0. The summed E-state index contributed by atoms with van der Waals surface area (Å²) in [6.45, 7) is 0.342. The van der Waals surface area contributed by atoms with Crippen molar-refractivity contribution in [2.75, 3.05) is 12.1 Å². The lowest BCUT2D eigenvalue weighted by molar-refractivity contribution is 0.174. The van der Waals surface area contributed by atoms with Gasteiger partial charge in [-0.2, -0.15) is 5.26 Å². The number of benzene rings is 2. The lowest BCUT2D eigenvalue weighted by atomic mass is 10.1. The zero-order valence-corrected chi connectivity index (χ0v) is 10.9. The van der Waals surface area contributed by atoms with Gasteiger partial charge in [-0.15, -0.1) is 0 Å². The van der Waals surface area contributed by atoms with Gasteiger partial charge in [-0.1, -0.05) is 6.07 Å². The Morgan fingerprint density at radius 2 is 2.05 bits per heavy atom. The topological polar surface area (TPSA) is 74.5 Å². The molecule has 2 aromatic rings. The first kappa shape index (κ1) is 13.1. The third-order valence-electron chi connectivity index (χ3n) is 3.17. The molecule has 0 fully saturated rings. The van der Waals surface area contributed by atoms with E-state index in [0.29, 0.717) is 22.7 Å². The molecule has 6 heteroatoms. The van der Waals surface area contributed by atoms with Crippen molar-refractivity contribution in [3.8, 4) is 23.3 Å². The van der Waals surface area contributed by atoms with Gasteiger partial charge in [0.1, 0.15) is 23.2 Å². The standard InChI is InChI=1S/C15H11FN2O3/c16-11-2-1-3-12(10(11)6-17)18-7-9-4-14-15(5-13(9)19)21-8-20-14/h1-5,18-19H,7-8H2. The number of rotatable bonds is 3. The third-order valence-corrected chi connectivity index (χ3v) is 3.17. The highest BCUT2D eigenvalue weighted by Gasteiger charge is 2.17. The van der Waals surface area contributed by atoms with Crippen LogP contribution in [0.3, 0.4) is 0 Å². The second-order valence-corrected chi connectivity index (χ2v) is 4.46. The van der Waals surface area contributed by atoms with Crippen LogP contribution >= 0.6 is 0 Å². The molecular formula is C15H11FN2O3. The number of fused-ring (bicyclic) bond motifs is 1. The van der Waals surface area contributed by atoms with E-state index in [4.69, 9.17) is 14.7 Å². The van der Waals surface area contributed by atoms with Crippen LogP contribution in [0, 0.1) is 17.1 Å². The fraction of sp³-hybridized carbons (Fsp3) is 0.133. The molecule has 0 aromatic heterocycles. The number of halogens is 1. The van der Waals surface area contributed by atoms with Crippen LogP contribution in [0.4, 0.5) is 10.1 Å². The van der Waals surface area contributed by atoms with Crippen molar-refractivity contribution in [2.24, 2.45) is 0 Å². The van der Waals surface area contributed by atoms with E-state index in [2.05, 4.69) is 5.32 Å². The Morgan fingerprint density at radius 3 is 2.81 bits per heavy atom. The molecule has 0 unspecified atom stereocenters. The minimum absolute atomic E-state index is 0.0432. The molecule has 21 heavy (non-hydrogen) atoms. The SMILES string of the molecule is N#Cc1c(F)cccc1NCc1cc2c(cc1O)OCO2. The smallest absolute Gasteiger partial charge is 0.231 e. The van der Waals surface area contributed by atoms with Gasteiger partial charge in [0.2, 0.25) is 6.79 Å². The molecule has 0 aliphatic carbocycles. The van der Waals surface area contributed by atoms with E-state index in [1.807, 2.05) is 6.07 Å². The maximum atomic E-state index is 13.5. The Hall–Kier alpha value is -2.94. The van der Waals surface area contributed by atoms with Crippen molar-refractivity contribution in [3.05, 3.63) is 47.3 Å². The van der Waals surface area contributed by atoms with E-state index in [9.17, 15) is 9.50 Å². The Bertz CT molecular complexity index is 740. The summed E-state index contributed by atoms with van der Waals surface area (Å²) in [5.41, 5.74) is 0.875. The monoisotopic (exact) mass is 286 g/mol. The second kappa shape index (κ2) is 5.21. The van der Waals surface area contributed by atoms with Gasteiger partial charge in [0.05, 0.1) is 5.69 Å². The average Bonchev–Trinajstić information content (AvgIpc) is 2.91. The first-order valence-corrected chi connectivity index (χ1v) is 6.23. The number of ether oxygens (including phenoxy) is 2. The van der Waals surface area contributed by atoms with Gasteiger partial charge in [-0.25, -0.2) is 4.39 Å². The maximum absolute atomic E-state index is 13.5. The van der Waals surface area contributed by atoms with Crippen molar-refractivity contribution >= 4 is 5.69 Å². The number of hydrogen-bond acceptors (Lipinski definition) is 5. The molecule has 0 saturated heterocycles. The number of phenols is 1. The highest BCUT2D eigenvalue weighted by Crippen LogP contribution is 2.37. The Morgan fingerprint density at radius 1 is 1.29 bits per heavy atom. The van der Waals surface area contributed by atoms with E-state index in [0.717, 1.165) is 0 Å². The Labute approximate surface area is 120 Å². The second-order valence-electron chi connectivity index (χ2n) is 4.46. The number of aromatic hydroxyl groups is 1. The molecule has 0 amide bonds. The lowest BCUT2D eigenvalue weighted by Crippen LogP contribution is -2.03. The van der Waals surface area contributed by atoms with Crippen molar-refractivity contribution in [2.45, 2.75) is 6.54 Å². The largest absolute Gasteiger partial charge is 0.507 e. The number of phenolic OH excluding ortho intramolecular Hbond substituents is 1. The molecule has 5 nitrogen and oxygen atoms in total. The summed E-state index contributed by atoms with van der Waals surface area (Å²) >= 11 is 0. The van der Waals surface area contributed by atoms with Crippen molar-refractivity contribution in [3.63, 3.8) is 0 Å². The maximum Gasteiger partial charge on any atom is 0.231 e. The first-order valence-electron chi connectivity index (χ1n) is 6.23. The fourth-order valence-electron chi connectivity index (χ4n) is 2.09. The van der Waals surface area contributed by atoms with Crippen LogP contribution in [0.1, 0.15) is 11.1 Å². The van der Waals surface area contributed by atoms with Crippen LogP contribution in [0.15, 0.2) is 30.3 Å². The molecule has 0 radical (unpaired) electrons. The summed E-state index contributed by atoms with van der Waals surface area (Å²) in [5.74, 6) is 0.489. The van der Waals surface area contributed by atoms with Gasteiger partial charge < -0.3 is 19.9 Å². The third kappa shape index (κ3) is 2.41. The van der Waals surface area contributed by atoms with Gasteiger partial charge in [0.25, 0.3) is 0 Å². The minimum atomic E-state index is -0.586. The molecule has 1 aliphatic rings. The zero-order chi connectivity index (χ0) is 14.8. The van der Waals surface area contributed by atoms with Gasteiger partial charge in [-0.05, 0) is 18.2 Å². The zero-order valence-electron chi connectivity index (χ0n) is 10.9. The molecule has 0 atom stereocenters. The average molecular weight is 286 g/mol. The summed E-state index contributed by atoms with van der Waals surface area (Å²) in [5, 5.41) is 21.8. The summed E-state index contributed by atoms with van der Waals surface area (Å²) in [6.07, 6.45) is 0. The van der Waals surface area contributed by atoms with Gasteiger partial charge in [0, 0.05) is 18.2 Å². The van der Waals surface area contributed by atoms with Crippen LogP contribution in [0.5, 0.6) is 17.2 Å². The summed E-state index contributed by atoms with van der Waals surface area (Å²) < 4.78 is 23.9. The molecular weight excluding hydrogens is 275 g/mol. The highest BCUT2D eigenvalue weighted by atomic mass is 19.1. The highest BCUT2D eigenvalue weighted by molar-refractivity contribution is 5.59. The molecule has 2 aromatic carbocycles. The minimum Gasteiger partial charge on any atom is -0.507 e. The van der Waals surface area contributed by atoms with Gasteiger partial charge in [0.15, 0.2) is 11.5 Å². The van der Waals surface area contributed by atoms with Crippen molar-refractivity contribution < 1.29 is 19.0 Å². The van der Waals surface area contributed by atoms with Gasteiger partial charge >= 0.3 is 0 Å². The molecule has 0 bridgehead atoms. The van der Waals surface area contributed by atoms with Crippen LogP contribution < -0.4 is 14.8 Å². The van der Waals surface area contributed by atoms with E-state index >= 15 is 0 Å². The number of nitriles is 1. The molecule has 1 heterocycles. The van der Waals surface area contributed by atoms with E-state index in [1.165, 1.54) is 18.2 Å². The number of anilines is 1. The summed E-state index contributed by atoms with van der Waals surface area (Å²) in [6, 6.07) is 9.27. The van der Waals surface area contributed by atoms with Crippen LogP contribution in [-0.2, 0) is 6.54 Å². The quantitative estimate of drug-likeness (QED) is 0.907. The van der Waals surface area contributed by atoms with Crippen molar-refractivity contribution in [1.82, 2.24) is 0 Å². The molecule has 1 aliphatic heterocycles.